The van der Waals surface area contributed by atoms with E-state index in [2.05, 4.69) is 95.2 Å². The van der Waals surface area contributed by atoms with Crippen molar-refractivity contribution < 1.29 is 0 Å². The zero-order valence-corrected chi connectivity index (χ0v) is 21.7. The largest absolute Gasteiger partial charge is 0.0870 e. The zero-order valence-electron chi connectivity index (χ0n) is 21.7. The first-order valence-electron chi connectivity index (χ1n) is 11.7. The minimum atomic E-state index is -0.00822. The third kappa shape index (κ3) is 2.54. The van der Waals surface area contributed by atoms with E-state index in [4.69, 9.17) is 0 Å². The third-order valence-corrected chi connectivity index (χ3v) is 8.76. The molecule has 0 N–H and O–H groups in total. The predicted octanol–water partition coefficient (Wildman–Crippen LogP) is 8.95. The van der Waals surface area contributed by atoms with Crippen molar-refractivity contribution in [2.24, 2.45) is 0 Å². The first kappa shape index (κ1) is 21.9. The number of rotatable bonds is 1. The number of benzene rings is 3. The van der Waals surface area contributed by atoms with Crippen LogP contribution in [-0.4, -0.2) is 0 Å². The van der Waals surface area contributed by atoms with Gasteiger partial charge < -0.3 is 0 Å². The van der Waals surface area contributed by atoms with E-state index in [1.807, 2.05) is 0 Å². The van der Waals surface area contributed by atoms with Crippen molar-refractivity contribution in [3.63, 3.8) is 0 Å². The molecule has 0 amide bonds. The highest BCUT2D eigenvalue weighted by Crippen LogP contribution is 2.58. The highest BCUT2D eigenvalue weighted by atomic mass is 14.4. The molecule has 31 heavy (non-hydrogen) atoms. The standard InChI is InChI=1S/C31H38/c1-13-14-24-23(10)30-28(26-20(7)16(3)15(2)19(6)25(24)26)27-21(8)17(4)18(5)22(9)29(27)31(30,11)12/h13-14H,1-12H3/b14-13+. The summed E-state index contributed by atoms with van der Waals surface area (Å²) in [6, 6.07) is 0. The molecule has 0 unspecified atom stereocenters. The van der Waals surface area contributed by atoms with Crippen LogP contribution >= 0.6 is 0 Å². The molecule has 0 heterocycles. The van der Waals surface area contributed by atoms with Crippen molar-refractivity contribution in [2.75, 3.05) is 0 Å². The maximum absolute atomic E-state index is 2.44. The summed E-state index contributed by atoms with van der Waals surface area (Å²) in [7, 11) is 0. The van der Waals surface area contributed by atoms with Crippen molar-refractivity contribution in [3.8, 4) is 11.1 Å². The topological polar surface area (TPSA) is 0 Å². The van der Waals surface area contributed by atoms with Crippen molar-refractivity contribution in [1.29, 1.82) is 0 Å². The van der Waals surface area contributed by atoms with Gasteiger partial charge in [0.05, 0.1) is 0 Å². The Hall–Kier alpha value is -2.34. The molecule has 0 saturated heterocycles. The monoisotopic (exact) mass is 410 g/mol. The summed E-state index contributed by atoms with van der Waals surface area (Å²) in [4.78, 5) is 0. The smallest absolute Gasteiger partial charge is 0.0164 e. The second kappa shape index (κ2) is 6.83. The average Bonchev–Trinajstić information content (AvgIpc) is 2.97. The molecular formula is C31H38. The predicted molar refractivity (Wildman–Crippen MR) is 139 cm³/mol. The van der Waals surface area contributed by atoms with Crippen molar-refractivity contribution in [1.82, 2.24) is 0 Å². The fourth-order valence-electron chi connectivity index (χ4n) is 6.53. The van der Waals surface area contributed by atoms with Gasteiger partial charge in [-0.1, -0.05) is 26.0 Å². The lowest BCUT2D eigenvalue weighted by Gasteiger charge is -2.28. The maximum Gasteiger partial charge on any atom is 0.0164 e. The molecule has 4 rings (SSSR count). The fraction of sp³-hybridized carbons (Fsp3) is 0.419. The van der Waals surface area contributed by atoms with Gasteiger partial charge in [-0.2, -0.15) is 0 Å². The summed E-state index contributed by atoms with van der Waals surface area (Å²) in [5.74, 6) is 0. The van der Waals surface area contributed by atoms with Crippen LogP contribution in [0.3, 0.4) is 0 Å². The van der Waals surface area contributed by atoms with Crippen LogP contribution < -0.4 is 0 Å². The Morgan fingerprint density at radius 1 is 0.484 bits per heavy atom. The van der Waals surface area contributed by atoms with E-state index in [9.17, 15) is 0 Å². The van der Waals surface area contributed by atoms with Crippen molar-refractivity contribution in [3.05, 3.63) is 72.8 Å². The Morgan fingerprint density at radius 2 is 0.935 bits per heavy atom. The average molecular weight is 411 g/mol. The number of aryl methyl sites for hydroxylation is 2. The minimum Gasteiger partial charge on any atom is -0.0870 e. The third-order valence-electron chi connectivity index (χ3n) is 8.76. The SMILES string of the molecule is C/C=C/c1c(C)c2c(c3c(C)c(C)c(C)c(C)c13)-c1c(C)c(C)c(C)c(C)c1C2(C)C. The quantitative estimate of drug-likeness (QED) is 0.375. The molecule has 0 bridgehead atoms. The molecular weight excluding hydrogens is 372 g/mol. The molecule has 0 fully saturated rings. The van der Waals surface area contributed by atoms with Crippen molar-refractivity contribution >= 4 is 16.8 Å². The van der Waals surface area contributed by atoms with E-state index >= 15 is 0 Å². The highest BCUT2D eigenvalue weighted by molar-refractivity contribution is 6.11. The molecule has 0 aromatic heterocycles. The Balaban J connectivity index is 2.44. The summed E-state index contributed by atoms with van der Waals surface area (Å²) >= 11 is 0. The lowest BCUT2D eigenvalue weighted by molar-refractivity contribution is 0.650. The first-order valence-corrected chi connectivity index (χ1v) is 11.7. The van der Waals surface area contributed by atoms with E-state index in [1.54, 1.807) is 5.56 Å². The Morgan fingerprint density at radius 3 is 1.48 bits per heavy atom. The maximum atomic E-state index is 2.44. The van der Waals surface area contributed by atoms with Crippen molar-refractivity contribution in [2.45, 2.75) is 88.5 Å². The molecule has 0 aliphatic heterocycles. The Labute approximate surface area is 189 Å². The lowest BCUT2D eigenvalue weighted by atomic mass is 9.75. The molecule has 0 spiro atoms. The van der Waals surface area contributed by atoms with Crippen LogP contribution in [0.1, 0.15) is 87.5 Å². The molecule has 0 heteroatoms. The first-order chi connectivity index (χ1) is 14.4. The fourth-order valence-corrected chi connectivity index (χ4v) is 6.53. The number of fused-ring (bicyclic) bond motifs is 5. The van der Waals surface area contributed by atoms with Gasteiger partial charge in [0.25, 0.3) is 0 Å². The van der Waals surface area contributed by atoms with E-state index in [-0.39, 0.29) is 5.41 Å². The zero-order chi connectivity index (χ0) is 23.2. The van der Waals surface area contributed by atoms with Crippen LogP contribution in [0, 0.1) is 62.3 Å². The van der Waals surface area contributed by atoms with Gasteiger partial charge in [-0.25, -0.2) is 0 Å². The summed E-state index contributed by atoms with van der Waals surface area (Å²) in [6.45, 7) is 27.9. The minimum absolute atomic E-state index is 0.00822. The second-order valence-corrected chi connectivity index (χ2v) is 10.4. The Kier molecular flexibility index (Phi) is 4.82. The van der Waals surface area contributed by atoms with Gasteiger partial charge in [-0.3, -0.25) is 0 Å². The molecule has 162 valence electrons. The normalized spacial score (nSPS) is 14.6. The second-order valence-electron chi connectivity index (χ2n) is 10.4. The summed E-state index contributed by atoms with van der Waals surface area (Å²) in [5.41, 5.74) is 20.5. The van der Waals surface area contributed by atoms with Crippen LogP contribution in [0.15, 0.2) is 6.08 Å². The van der Waals surface area contributed by atoms with Crippen LogP contribution in [-0.2, 0) is 5.41 Å². The highest BCUT2D eigenvalue weighted by Gasteiger charge is 2.42. The molecule has 0 nitrogen and oxygen atoms in total. The van der Waals surface area contributed by atoms with E-state index in [0.717, 1.165) is 0 Å². The number of allylic oxidation sites excluding steroid dienone is 1. The van der Waals surface area contributed by atoms with Gasteiger partial charge >= 0.3 is 0 Å². The van der Waals surface area contributed by atoms with E-state index in [1.165, 1.54) is 83.1 Å². The van der Waals surface area contributed by atoms with Crippen LogP contribution in [0.4, 0.5) is 0 Å². The molecule has 1 aliphatic rings. The van der Waals surface area contributed by atoms with Gasteiger partial charge in [0.15, 0.2) is 0 Å². The van der Waals surface area contributed by atoms with Gasteiger partial charge in [-0.05, 0) is 158 Å². The van der Waals surface area contributed by atoms with Crippen LogP contribution in [0.25, 0.3) is 28.0 Å². The van der Waals surface area contributed by atoms with Crippen LogP contribution in [0.2, 0.25) is 0 Å². The molecule has 0 saturated carbocycles. The van der Waals surface area contributed by atoms with Crippen LogP contribution in [0.5, 0.6) is 0 Å². The molecule has 0 radical (unpaired) electrons. The summed E-state index contributed by atoms with van der Waals surface area (Å²) < 4.78 is 0. The molecule has 0 atom stereocenters. The van der Waals surface area contributed by atoms with E-state index in [0.29, 0.717) is 0 Å². The summed E-state index contributed by atoms with van der Waals surface area (Å²) in [6.07, 6.45) is 4.55. The molecule has 3 aromatic rings. The number of hydrogen-bond donors (Lipinski definition) is 0. The van der Waals surface area contributed by atoms with E-state index < -0.39 is 0 Å². The summed E-state index contributed by atoms with van der Waals surface area (Å²) in [5, 5.41) is 2.93. The lowest BCUT2D eigenvalue weighted by Crippen LogP contribution is -2.19. The molecule has 1 aliphatic carbocycles. The molecule has 3 aromatic carbocycles. The Bertz CT molecular complexity index is 1320. The van der Waals surface area contributed by atoms with Gasteiger partial charge in [-0.15, -0.1) is 0 Å². The van der Waals surface area contributed by atoms with Gasteiger partial charge in [0, 0.05) is 5.41 Å². The number of hydrogen-bond acceptors (Lipinski definition) is 0. The van der Waals surface area contributed by atoms with Gasteiger partial charge in [0.1, 0.15) is 0 Å². The van der Waals surface area contributed by atoms with Gasteiger partial charge in [0.2, 0.25) is 0 Å².